The number of methoxy groups -OCH3 is 1. The minimum atomic E-state index is -3.89. The highest BCUT2D eigenvalue weighted by atomic mass is 32.2. The summed E-state index contributed by atoms with van der Waals surface area (Å²) in [5, 5.41) is 5.92. The summed E-state index contributed by atoms with van der Waals surface area (Å²) in [6.07, 6.45) is 5.40. The fraction of sp³-hybridized carbons (Fsp3) is 0.475. The molecule has 0 radical (unpaired) electrons. The number of aromatic nitrogens is 1. The van der Waals surface area contributed by atoms with Crippen LogP contribution < -0.4 is 24.8 Å². The molecule has 5 atom stereocenters. The Morgan fingerprint density at radius 3 is 2.52 bits per heavy atom. The van der Waals surface area contributed by atoms with E-state index < -0.39 is 68.1 Å². The molecular weight excluding hydrogens is 711 g/mol. The third-order valence-corrected chi connectivity index (χ3v) is 12.5. The van der Waals surface area contributed by atoms with Crippen LogP contribution in [0.5, 0.6) is 11.5 Å². The molecule has 0 unspecified atom stereocenters. The topological polar surface area (TPSA) is 173 Å². The molecule has 4 amide bonds. The van der Waals surface area contributed by atoms with Crippen LogP contribution in [0.15, 0.2) is 66.7 Å². The van der Waals surface area contributed by atoms with Gasteiger partial charge in [-0.25, -0.2) is 13.4 Å². The van der Waals surface area contributed by atoms with Crippen LogP contribution in [-0.2, 0) is 29.2 Å². The maximum Gasteiger partial charge on any atom is 0.259 e. The molecule has 4 aliphatic rings. The van der Waals surface area contributed by atoms with Gasteiger partial charge in [0.05, 0.1) is 30.1 Å². The van der Waals surface area contributed by atoms with Gasteiger partial charge in [-0.3, -0.25) is 23.9 Å². The van der Waals surface area contributed by atoms with E-state index in [1.807, 2.05) is 75.4 Å². The zero-order chi connectivity index (χ0) is 38.4. The van der Waals surface area contributed by atoms with Crippen LogP contribution in [0.1, 0.15) is 65.7 Å². The molecule has 2 saturated carbocycles. The van der Waals surface area contributed by atoms with Crippen LogP contribution in [0.4, 0.5) is 0 Å². The summed E-state index contributed by atoms with van der Waals surface area (Å²) >= 11 is 0. The molecule has 54 heavy (non-hydrogen) atoms. The number of amides is 4. The zero-order valence-corrected chi connectivity index (χ0v) is 31.8. The molecule has 3 fully saturated rings. The summed E-state index contributed by atoms with van der Waals surface area (Å²) < 4.78 is 40.1. The van der Waals surface area contributed by atoms with E-state index in [1.54, 1.807) is 19.3 Å². The van der Waals surface area contributed by atoms with Gasteiger partial charge in [-0.2, -0.15) is 0 Å². The number of fused-ring (bicyclic) bond motifs is 3. The predicted molar refractivity (Wildman–Crippen MR) is 202 cm³/mol. The third kappa shape index (κ3) is 7.66. The Morgan fingerprint density at radius 1 is 1.06 bits per heavy atom. The molecule has 1 aromatic heterocycles. The second-order valence-corrected chi connectivity index (χ2v) is 17.8. The first kappa shape index (κ1) is 37.3. The third-order valence-electron chi connectivity index (χ3n) is 10.7. The van der Waals surface area contributed by atoms with Crippen LogP contribution in [-0.4, -0.2) is 84.6 Å². The highest BCUT2D eigenvalue weighted by Crippen LogP contribution is 2.46. The monoisotopic (exact) mass is 757 g/mol. The van der Waals surface area contributed by atoms with E-state index >= 15 is 0 Å². The molecule has 2 aromatic carbocycles. The number of benzene rings is 2. The predicted octanol–water partition coefficient (Wildman–Crippen LogP) is 4.01. The molecule has 14 heteroatoms. The Morgan fingerprint density at radius 2 is 1.81 bits per heavy atom. The second kappa shape index (κ2) is 14.3. The highest BCUT2D eigenvalue weighted by molar-refractivity contribution is 7.91. The number of nitrogens with zero attached hydrogens (tertiary/aromatic N) is 2. The summed E-state index contributed by atoms with van der Waals surface area (Å²) in [6, 6.07) is 14.9. The van der Waals surface area contributed by atoms with Crippen molar-refractivity contribution in [2.24, 2.45) is 11.3 Å². The number of nitrogens with one attached hydrogen (secondary N) is 3. The lowest BCUT2D eigenvalue weighted by molar-refractivity contribution is -0.144. The first-order valence-electron chi connectivity index (χ1n) is 18.5. The fourth-order valence-electron chi connectivity index (χ4n) is 7.37. The summed E-state index contributed by atoms with van der Waals surface area (Å²) in [4.78, 5) is 62.3. The maximum absolute atomic E-state index is 14.6. The number of carbonyl (C=O) groups excluding carboxylic acids is 4. The van der Waals surface area contributed by atoms with Gasteiger partial charge in [0.25, 0.3) is 5.91 Å². The van der Waals surface area contributed by atoms with Gasteiger partial charge >= 0.3 is 0 Å². The average molecular weight is 758 g/mol. The van der Waals surface area contributed by atoms with E-state index in [0.29, 0.717) is 53.8 Å². The smallest absolute Gasteiger partial charge is 0.259 e. The molecule has 286 valence electrons. The van der Waals surface area contributed by atoms with Crippen molar-refractivity contribution in [2.75, 3.05) is 13.7 Å². The van der Waals surface area contributed by atoms with E-state index in [1.165, 1.54) is 4.90 Å². The van der Waals surface area contributed by atoms with Gasteiger partial charge in [-0.15, -0.1) is 0 Å². The van der Waals surface area contributed by atoms with Crippen LogP contribution in [0.3, 0.4) is 0 Å². The fourth-order valence-corrected chi connectivity index (χ4v) is 8.73. The Kier molecular flexibility index (Phi) is 9.92. The Balaban J connectivity index is 1.24. The van der Waals surface area contributed by atoms with Gasteiger partial charge in [-0.1, -0.05) is 63.3 Å². The van der Waals surface area contributed by atoms with Gasteiger partial charge in [-0.05, 0) is 49.7 Å². The van der Waals surface area contributed by atoms with E-state index in [4.69, 9.17) is 14.5 Å². The molecule has 0 spiro atoms. The van der Waals surface area contributed by atoms with E-state index in [-0.39, 0.29) is 31.7 Å². The number of rotatable bonds is 7. The van der Waals surface area contributed by atoms with Crippen LogP contribution in [0.25, 0.3) is 22.2 Å². The summed E-state index contributed by atoms with van der Waals surface area (Å²) in [6.45, 7) is 5.56. The molecule has 0 bridgehead atoms. The van der Waals surface area contributed by atoms with Gasteiger partial charge in [0.15, 0.2) is 0 Å². The number of hydrogen-bond acceptors (Lipinski definition) is 9. The number of allylic oxidation sites excluding steroid dienone is 1. The molecule has 1 saturated heterocycles. The molecule has 7 rings (SSSR count). The summed E-state index contributed by atoms with van der Waals surface area (Å²) in [5.74, 6) is -1.48. The standard InChI is InChI=1S/C40H47N5O8S/c1-39(2,3)35-37(48)45-23-27(53-33-21-30(24-11-7-5-8-12-24)41-31-19-26(52-4)15-18-29(31)33)20-32(45)36(47)43-40(38(49)44-54(50,51)28-16-17-28)22-25(40)13-9-6-10-14-34(46)42-35/h5,7-9,11-13,15,18-19,21,25,27-28,32,35H,6,10,14,16-17,20,22-23H2,1-4H3,(H,42,46)(H,43,47)(H,44,49)/b13-9-/t25-,27+,32-,35+,40-/m0/s1. The van der Waals surface area contributed by atoms with Crippen LogP contribution in [0, 0.1) is 11.3 Å². The average Bonchev–Trinajstić information content (AvgIpc) is 4.06. The first-order valence-corrected chi connectivity index (χ1v) is 20.1. The zero-order valence-electron chi connectivity index (χ0n) is 31.0. The quantitative estimate of drug-likeness (QED) is 0.301. The Labute approximate surface area is 315 Å². The van der Waals surface area contributed by atoms with Gasteiger partial charge in [0.1, 0.15) is 35.2 Å². The summed E-state index contributed by atoms with van der Waals surface area (Å²) in [5.41, 5.74) is -0.0722. The lowest BCUT2D eigenvalue weighted by Gasteiger charge is -2.35. The highest BCUT2D eigenvalue weighted by Gasteiger charge is 2.62. The minimum absolute atomic E-state index is 0.0125. The molecule has 3 aromatic rings. The normalized spacial score (nSPS) is 27.0. The Bertz CT molecular complexity index is 2110. The number of sulfonamides is 1. The van der Waals surface area contributed by atoms with Crippen molar-refractivity contribution < 1.29 is 37.1 Å². The first-order chi connectivity index (χ1) is 25.7. The SMILES string of the molecule is COc1ccc2c(O[C@@H]3C[C@H]4C(=O)N[C@@]5(C(=O)NS(=O)(=O)C6CC6)C[C@@H]5/C=C\CCCC(=O)N[C@@H](C(C)(C)C)C(=O)N4C3)cc(-c3ccccc3)nc2c1. The second-order valence-electron chi connectivity index (χ2n) is 15.9. The number of pyridine rings is 1. The Hall–Kier alpha value is -4.98. The van der Waals surface area contributed by atoms with Crippen molar-refractivity contribution in [1.82, 2.24) is 25.2 Å². The van der Waals surface area contributed by atoms with Gasteiger partial charge < -0.3 is 25.0 Å². The number of ether oxygens (including phenoxy) is 2. The molecule has 2 aliphatic carbocycles. The molecule has 2 aliphatic heterocycles. The van der Waals surface area contributed by atoms with Gasteiger partial charge in [0, 0.05) is 41.8 Å². The lowest BCUT2D eigenvalue weighted by Crippen LogP contribution is -2.60. The van der Waals surface area contributed by atoms with Crippen molar-refractivity contribution in [2.45, 2.75) is 94.7 Å². The number of carbonyl (C=O) groups is 4. The summed E-state index contributed by atoms with van der Waals surface area (Å²) in [7, 11) is -2.32. The van der Waals surface area contributed by atoms with Gasteiger partial charge in [0.2, 0.25) is 27.7 Å². The molecular formula is C40H47N5O8S. The van der Waals surface area contributed by atoms with Crippen molar-refractivity contribution in [3.8, 4) is 22.8 Å². The van der Waals surface area contributed by atoms with Crippen LogP contribution in [0.2, 0.25) is 0 Å². The van der Waals surface area contributed by atoms with Crippen LogP contribution >= 0.6 is 0 Å². The van der Waals surface area contributed by atoms with Crippen molar-refractivity contribution in [1.29, 1.82) is 0 Å². The molecule has 13 nitrogen and oxygen atoms in total. The van der Waals surface area contributed by atoms with E-state index in [9.17, 15) is 27.6 Å². The molecule has 3 heterocycles. The minimum Gasteiger partial charge on any atom is -0.497 e. The van der Waals surface area contributed by atoms with E-state index in [2.05, 4.69) is 15.4 Å². The van der Waals surface area contributed by atoms with E-state index in [0.717, 1.165) is 5.56 Å². The van der Waals surface area contributed by atoms with Crippen molar-refractivity contribution in [3.63, 3.8) is 0 Å². The molecule has 3 N–H and O–H groups in total. The van der Waals surface area contributed by atoms with Crippen molar-refractivity contribution >= 4 is 44.6 Å². The maximum atomic E-state index is 14.6. The number of hydrogen-bond donors (Lipinski definition) is 3. The largest absolute Gasteiger partial charge is 0.497 e. The lowest BCUT2D eigenvalue weighted by atomic mass is 9.85. The van der Waals surface area contributed by atoms with Crippen molar-refractivity contribution in [3.05, 3.63) is 66.7 Å².